The van der Waals surface area contributed by atoms with Gasteiger partial charge in [-0.05, 0) is 25.0 Å². The molecule has 3 heterocycles. The summed E-state index contributed by atoms with van der Waals surface area (Å²) in [6.07, 6.45) is 6.28. The van der Waals surface area contributed by atoms with E-state index in [1.54, 1.807) is 35.0 Å². The SMILES string of the molecule is Cn1cc(C(=O)NC2CCN(C(=O)CCNC(=O)c3ccco3)CC2)cn1. The van der Waals surface area contributed by atoms with Crippen LogP contribution in [0.5, 0.6) is 0 Å². The van der Waals surface area contributed by atoms with Crippen LogP contribution in [0.15, 0.2) is 35.2 Å². The van der Waals surface area contributed by atoms with Gasteiger partial charge in [0.25, 0.3) is 11.8 Å². The molecule has 27 heavy (non-hydrogen) atoms. The van der Waals surface area contributed by atoms with Crippen LogP contribution in [0.2, 0.25) is 0 Å². The summed E-state index contributed by atoms with van der Waals surface area (Å²) >= 11 is 0. The first kappa shape index (κ1) is 18.7. The molecule has 0 spiro atoms. The first-order chi connectivity index (χ1) is 13.0. The maximum Gasteiger partial charge on any atom is 0.286 e. The van der Waals surface area contributed by atoms with Crippen LogP contribution in [0.4, 0.5) is 0 Å². The molecule has 0 aliphatic carbocycles. The van der Waals surface area contributed by atoms with Crippen molar-refractivity contribution in [3.8, 4) is 0 Å². The van der Waals surface area contributed by atoms with E-state index in [1.165, 1.54) is 12.5 Å². The smallest absolute Gasteiger partial charge is 0.286 e. The molecule has 3 amide bonds. The molecular formula is C18H23N5O4. The van der Waals surface area contributed by atoms with Gasteiger partial charge in [0.1, 0.15) is 0 Å². The number of amides is 3. The third-order valence-corrected chi connectivity index (χ3v) is 4.52. The second kappa shape index (κ2) is 8.52. The van der Waals surface area contributed by atoms with Crippen molar-refractivity contribution in [1.82, 2.24) is 25.3 Å². The number of hydrogen-bond donors (Lipinski definition) is 2. The van der Waals surface area contributed by atoms with E-state index in [2.05, 4.69) is 15.7 Å². The summed E-state index contributed by atoms with van der Waals surface area (Å²) in [6, 6.07) is 3.25. The lowest BCUT2D eigenvalue weighted by Gasteiger charge is -2.32. The average Bonchev–Trinajstić information content (AvgIpc) is 3.34. The van der Waals surface area contributed by atoms with Crippen molar-refractivity contribution in [2.45, 2.75) is 25.3 Å². The number of hydrogen-bond acceptors (Lipinski definition) is 5. The summed E-state index contributed by atoms with van der Waals surface area (Å²) in [5.41, 5.74) is 0.531. The van der Waals surface area contributed by atoms with Crippen molar-refractivity contribution in [3.05, 3.63) is 42.1 Å². The summed E-state index contributed by atoms with van der Waals surface area (Å²) in [6.45, 7) is 1.43. The monoisotopic (exact) mass is 373 g/mol. The Kier molecular flexibility index (Phi) is 5.90. The fourth-order valence-electron chi connectivity index (χ4n) is 3.02. The minimum atomic E-state index is -0.329. The highest BCUT2D eigenvalue weighted by molar-refractivity contribution is 5.94. The van der Waals surface area contributed by atoms with Gasteiger partial charge in [-0.25, -0.2) is 0 Å². The van der Waals surface area contributed by atoms with E-state index >= 15 is 0 Å². The molecule has 1 fully saturated rings. The number of nitrogens with zero attached hydrogens (tertiary/aromatic N) is 3. The second-order valence-corrected chi connectivity index (χ2v) is 6.51. The van der Waals surface area contributed by atoms with Gasteiger partial charge in [0, 0.05) is 45.3 Å². The van der Waals surface area contributed by atoms with E-state index in [4.69, 9.17) is 4.42 Å². The van der Waals surface area contributed by atoms with Crippen LogP contribution in [0.1, 0.15) is 40.2 Å². The van der Waals surface area contributed by atoms with Crippen LogP contribution < -0.4 is 10.6 Å². The van der Waals surface area contributed by atoms with Crippen LogP contribution >= 0.6 is 0 Å². The van der Waals surface area contributed by atoms with E-state index in [0.29, 0.717) is 31.5 Å². The first-order valence-electron chi connectivity index (χ1n) is 8.92. The van der Waals surface area contributed by atoms with E-state index in [-0.39, 0.29) is 42.5 Å². The average molecular weight is 373 g/mol. The molecule has 1 aliphatic heterocycles. The second-order valence-electron chi connectivity index (χ2n) is 6.51. The topological polar surface area (TPSA) is 109 Å². The number of furan rings is 1. The molecule has 0 atom stereocenters. The maximum absolute atomic E-state index is 12.3. The first-order valence-corrected chi connectivity index (χ1v) is 8.92. The highest BCUT2D eigenvalue weighted by Crippen LogP contribution is 2.12. The van der Waals surface area contributed by atoms with Crippen LogP contribution in [-0.4, -0.2) is 58.1 Å². The van der Waals surface area contributed by atoms with Crippen LogP contribution in [0.25, 0.3) is 0 Å². The van der Waals surface area contributed by atoms with Crippen molar-refractivity contribution >= 4 is 17.7 Å². The van der Waals surface area contributed by atoms with Crippen molar-refractivity contribution < 1.29 is 18.8 Å². The molecule has 144 valence electrons. The summed E-state index contributed by atoms with van der Waals surface area (Å²) in [4.78, 5) is 37.9. The summed E-state index contributed by atoms with van der Waals surface area (Å²) in [5.74, 6) is -0.252. The highest BCUT2D eigenvalue weighted by atomic mass is 16.3. The molecule has 1 saturated heterocycles. The number of likely N-dealkylation sites (tertiary alicyclic amines) is 1. The van der Waals surface area contributed by atoms with Gasteiger partial charge in [0.2, 0.25) is 5.91 Å². The minimum absolute atomic E-state index is 0.00761. The fraction of sp³-hybridized carbons (Fsp3) is 0.444. The van der Waals surface area contributed by atoms with Gasteiger partial charge in [0.15, 0.2) is 5.76 Å². The maximum atomic E-state index is 12.3. The van der Waals surface area contributed by atoms with Gasteiger partial charge in [0.05, 0.1) is 18.0 Å². The zero-order valence-corrected chi connectivity index (χ0v) is 15.2. The fourth-order valence-corrected chi connectivity index (χ4v) is 3.02. The van der Waals surface area contributed by atoms with E-state index in [1.807, 2.05) is 0 Å². The third kappa shape index (κ3) is 4.96. The van der Waals surface area contributed by atoms with Crippen molar-refractivity contribution in [3.63, 3.8) is 0 Å². The lowest BCUT2D eigenvalue weighted by atomic mass is 10.0. The van der Waals surface area contributed by atoms with Crippen molar-refractivity contribution in [2.24, 2.45) is 7.05 Å². The molecule has 1 aliphatic rings. The van der Waals surface area contributed by atoms with Crippen LogP contribution in [0, 0.1) is 0 Å². The predicted octanol–water partition coefficient (Wildman–Crippen LogP) is 0.554. The van der Waals surface area contributed by atoms with Gasteiger partial charge < -0.3 is 20.0 Å². The lowest BCUT2D eigenvalue weighted by Crippen LogP contribution is -2.47. The number of piperidine rings is 1. The van der Waals surface area contributed by atoms with Crippen LogP contribution in [-0.2, 0) is 11.8 Å². The molecule has 0 saturated carbocycles. The predicted molar refractivity (Wildman–Crippen MR) is 95.9 cm³/mol. The Morgan fingerprint density at radius 2 is 2.04 bits per heavy atom. The third-order valence-electron chi connectivity index (χ3n) is 4.52. The largest absolute Gasteiger partial charge is 0.459 e. The van der Waals surface area contributed by atoms with E-state index < -0.39 is 0 Å². The van der Waals surface area contributed by atoms with E-state index in [0.717, 1.165) is 0 Å². The zero-order valence-electron chi connectivity index (χ0n) is 15.2. The van der Waals surface area contributed by atoms with Crippen molar-refractivity contribution in [2.75, 3.05) is 19.6 Å². The number of rotatable bonds is 6. The summed E-state index contributed by atoms with van der Waals surface area (Å²) in [7, 11) is 1.76. The van der Waals surface area contributed by atoms with Gasteiger partial charge in [-0.3, -0.25) is 19.1 Å². The molecule has 0 bridgehead atoms. The number of aromatic nitrogens is 2. The Balaban J connectivity index is 1.36. The lowest BCUT2D eigenvalue weighted by molar-refractivity contribution is -0.132. The Labute approximate surface area is 156 Å². The molecule has 0 radical (unpaired) electrons. The molecule has 0 aromatic carbocycles. The Bertz CT molecular complexity index is 791. The molecule has 9 heteroatoms. The van der Waals surface area contributed by atoms with Gasteiger partial charge in [-0.2, -0.15) is 5.10 Å². The molecule has 2 N–H and O–H groups in total. The molecular weight excluding hydrogens is 350 g/mol. The number of carbonyl (C=O) groups excluding carboxylic acids is 3. The van der Waals surface area contributed by atoms with Crippen LogP contribution in [0.3, 0.4) is 0 Å². The van der Waals surface area contributed by atoms with Crippen molar-refractivity contribution in [1.29, 1.82) is 0 Å². The normalized spacial score (nSPS) is 14.8. The standard InChI is InChI=1S/C18H23N5O4/c1-22-12-13(11-20-22)17(25)21-14-5-8-23(9-6-14)16(24)4-7-19-18(26)15-3-2-10-27-15/h2-3,10-12,14H,4-9H2,1H3,(H,19,26)(H,21,25). The number of aryl methyl sites for hydroxylation is 1. The highest BCUT2D eigenvalue weighted by Gasteiger charge is 2.24. The van der Waals surface area contributed by atoms with Gasteiger partial charge in [-0.1, -0.05) is 0 Å². The van der Waals surface area contributed by atoms with Gasteiger partial charge in [-0.15, -0.1) is 0 Å². The summed E-state index contributed by atoms with van der Waals surface area (Å²) in [5, 5.41) is 9.64. The molecule has 2 aromatic heterocycles. The Morgan fingerprint density at radius 3 is 2.67 bits per heavy atom. The molecule has 9 nitrogen and oxygen atoms in total. The van der Waals surface area contributed by atoms with E-state index in [9.17, 15) is 14.4 Å². The summed E-state index contributed by atoms with van der Waals surface area (Å²) < 4.78 is 6.58. The Hall–Kier alpha value is -3.10. The molecule has 2 aromatic rings. The molecule has 0 unspecified atom stereocenters. The minimum Gasteiger partial charge on any atom is -0.459 e. The van der Waals surface area contributed by atoms with Gasteiger partial charge >= 0.3 is 0 Å². The number of nitrogens with one attached hydrogen (secondary N) is 2. The quantitative estimate of drug-likeness (QED) is 0.769. The Morgan fingerprint density at radius 1 is 1.26 bits per heavy atom. The number of carbonyl (C=O) groups is 3. The zero-order chi connectivity index (χ0) is 19.2. The molecule has 3 rings (SSSR count).